The van der Waals surface area contributed by atoms with Gasteiger partial charge in [0, 0.05) is 24.4 Å². The fraction of sp³-hybridized carbons (Fsp3) is 0.789. The van der Waals surface area contributed by atoms with Crippen molar-refractivity contribution in [2.24, 2.45) is 29.4 Å². The molecule has 4 nitrogen and oxygen atoms in total. The van der Waals surface area contributed by atoms with Crippen LogP contribution in [-0.4, -0.2) is 26.9 Å². The standard InChI is InChI=1S/C19H33N3OS/c1-5-7-15(8-6-2)17(20)16-13(3)11-14(4)18(16)23-19(24)22-10-9-21-12-22/h9-10,12-18H,5-8,11,20H2,1-4H3/t13-,14+,16-,17?,18-/m1/s1. The highest BCUT2D eigenvalue weighted by atomic mass is 32.1. The van der Waals surface area contributed by atoms with E-state index in [1.807, 2.05) is 6.20 Å². The van der Waals surface area contributed by atoms with Gasteiger partial charge in [0.2, 0.25) is 0 Å². The molecule has 1 aliphatic rings. The summed E-state index contributed by atoms with van der Waals surface area (Å²) in [4.78, 5) is 4.05. The second-order valence-electron chi connectivity index (χ2n) is 7.50. The third kappa shape index (κ3) is 4.37. The van der Waals surface area contributed by atoms with Gasteiger partial charge >= 0.3 is 0 Å². The van der Waals surface area contributed by atoms with E-state index in [1.165, 1.54) is 25.7 Å². The van der Waals surface area contributed by atoms with Crippen molar-refractivity contribution < 1.29 is 4.74 Å². The second-order valence-corrected chi connectivity index (χ2v) is 7.85. The van der Waals surface area contributed by atoms with Crippen molar-refractivity contribution in [1.29, 1.82) is 0 Å². The van der Waals surface area contributed by atoms with Crippen molar-refractivity contribution >= 4 is 17.4 Å². The zero-order valence-corrected chi connectivity index (χ0v) is 16.3. The molecule has 1 aromatic heterocycles. The van der Waals surface area contributed by atoms with E-state index in [2.05, 4.69) is 32.7 Å². The molecular formula is C19H33N3OS. The zero-order chi connectivity index (χ0) is 17.7. The third-order valence-electron chi connectivity index (χ3n) is 5.60. The Morgan fingerprint density at radius 2 is 1.96 bits per heavy atom. The zero-order valence-electron chi connectivity index (χ0n) is 15.5. The molecule has 0 bridgehead atoms. The van der Waals surface area contributed by atoms with Crippen molar-refractivity contribution in [3.63, 3.8) is 0 Å². The Labute approximate surface area is 152 Å². The fourth-order valence-corrected chi connectivity index (χ4v) is 4.72. The van der Waals surface area contributed by atoms with Crippen LogP contribution in [0.2, 0.25) is 0 Å². The van der Waals surface area contributed by atoms with E-state index in [9.17, 15) is 0 Å². The summed E-state index contributed by atoms with van der Waals surface area (Å²) in [5.74, 6) is 1.98. The molecule has 1 aliphatic carbocycles. The molecule has 1 aromatic rings. The molecule has 2 N–H and O–H groups in total. The molecule has 5 atom stereocenters. The van der Waals surface area contributed by atoms with Crippen LogP contribution in [0.15, 0.2) is 18.7 Å². The molecule has 0 radical (unpaired) electrons. The van der Waals surface area contributed by atoms with Crippen molar-refractivity contribution in [3.8, 4) is 0 Å². The van der Waals surface area contributed by atoms with Gasteiger partial charge in [0.15, 0.2) is 0 Å². The van der Waals surface area contributed by atoms with Crippen molar-refractivity contribution in [2.45, 2.75) is 71.9 Å². The van der Waals surface area contributed by atoms with Crippen LogP contribution < -0.4 is 5.73 Å². The predicted molar refractivity (Wildman–Crippen MR) is 103 cm³/mol. The molecule has 24 heavy (non-hydrogen) atoms. The smallest absolute Gasteiger partial charge is 0.269 e. The normalized spacial score (nSPS) is 28.2. The molecule has 1 heterocycles. The second kappa shape index (κ2) is 8.95. The van der Waals surface area contributed by atoms with Crippen LogP contribution in [0.3, 0.4) is 0 Å². The molecule has 0 spiro atoms. The van der Waals surface area contributed by atoms with Crippen molar-refractivity contribution in [3.05, 3.63) is 18.7 Å². The lowest BCUT2D eigenvalue weighted by molar-refractivity contribution is 0.0722. The summed E-state index contributed by atoms with van der Waals surface area (Å²) in [5, 5.41) is 0.484. The number of thiocarbonyl (C=S) groups is 1. The van der Waals surface area contributed by atoms with E-state index in [-0.39, 0.29) is 12.1 Å². The summed E-state index contributed by atoms with van der Waals surface area (Å²) >= 11 is 5.47. The maximum Gasteiger partial charge on any atom is 0.269 e. The molecule has 2 rings (SSSR count). The Morgan fingerprint density at radius 3 is 2.50 bits per heavy atom. The van der Waals surface area contributed by atoms with Gasteiger partial charge in [-0.3, -0.25) is 4.57 Å². The Hall–Kier alpha value is -0.940. The van der Waals surface area contributed by atoms with E-state index in [0.29, 0.717) is 28.8 Å². The Bertz CT molecular complexity index is 499. The summed E-state index contributed by atoms with van der Waals surface area (Å²) in [6.45, 7) is 9.08. The summed E-state index contributed by atoms with van der Waals surface area (Å²) in [7, 11) is 0. The molecule has 1 saturated carbocycles. The molecule has 0 amide bonds. The highest BCUT2D eigenvalue weighted by Crippen LogP contribution is 2.42. The number of ether oxygens (including phenoxy) is 1. The lowest BCUT2D eigenvalue weighted by atomic mass is 9.78. The van der Waals surface area contributed by atoms with Crippen LogP contribution in [0, 0.1) is 23.7 Å². The van der Waals surface area contributed by atoms with E-state index < -0.39 is 0 Å². The summed E-state index contributed by atoms with van der Waals surface area (Å²) in [6, 6.07) is 0.181. The van der Waals surface area contributed by atoms with Crippen LogP contribution >= 0.6 is 12.2 Å². The first-order chi connectivity index (χ1) is 11.5. The molecule has 0 saturated heterocycles. The van der Waals surface area contributed by atoms with Gasteiger partial charge in [0.1, 0.15) is 12.4 Å². The lowest BCUT2D eigenvalue weighted by Crippen LogP contribution is -2.45. The van der Waals surface area contributed by atoms with Crippen LogP contribution in [0.1, 0.15) is 59.8 Å². The van der Waals surface area contributed by atoms with Crippen LogP contribution in [-0.2, 0) is 4.74 Å². The van der Waals surface area contributed by atoms with Crippen molar-refractivity contribution in [2.75, 3.05) is 0 Å². The monoisotopic (exact) mass is 351 g/mol. The molecular weight excluding hydrogens is 318 g/mol. The predicted octanol–water partition coefficient (Wildman–Crippen LogP) is 4.24. The first kappa shape index (κ1) is 19.4. The Balaban J connectivity index is 2.13. The van der Waals surface area contributed by atoms with Crippen LogP contribution in [0.5, 0.6) is 0 Å². The molecule has 0 aromatic carbocycles. The molecule has 1 fully saturated rings. The minimum Gasteiger partial charge on any atom is -0.466 e. The van der Waals surface area contributed by atoms with Crippen LogP contribution in [0.25, 0.3) is 0 Å². The van der Waals surface area contributed by atoms with Gasteiger partial charge in [0.05, 0.1) is 0 Å². The fourth-order valence-electron chi connectivity index (χ4n) is 4.50. The highest BCUT2D eigenvalue weighted by Gasteiger charge is 2.45. The number of rotatable bonds is 7. The average molecular weight is 352 g/mol. The maximum atomic E-state index is 6.79. The molecule has 5 heteroatoms. The average Bonchev–Trinajstić information content (AvgIpc) is 3.16. The van der Waals surface area contributed by atoms with Gasteiger partial charge < -0.3 is 10.5 Å². The molecule has 0 aliphatic heterocycles. The van der Waals surface area contributed by atoms with Crippen molar-refractivity contribution in [1.82, 2.24) is 9.55 Å². The number of hydrogen-bond acceptors (Lipinski definition) is 4. The van der Waals surface area contributed by atoms with E-state index >= 15 is 0 Å². The third-order valence-corrected chi connectivity index (χ3v) is 5.91. The van der Waals surface area contributed by atoms with Gasteiger partial charge in [-0.1, -0.05) is 40.5 Å². The molecule has 1 unspecified atom stereocenters. The quantitative estimate of drug-likeness (QED) is 0.747. The van der Waals surface area contributed by atoms with Gasteiger partial charge in [0.25, 0.3) is 5.17 Å². The highest BCUT2D eigenvalue weighted by molar-refractivity contribution is 7.80. The van der Waals surface area contributed by atoms with E-state index in [0.717, 1.165) is 6.42 Å². The van der Waals surface area contributed by atoms with Gasteiger partial charge in [-0.25, -0.2) is 4.98 Å². The molecule has 136 valence electrons. The first-order valence-electron chi connectivity index (χ1n) is 9.44. The van der Waals surface area contributed by atoms with Crippen LogP contribution in [0.4, 0.5) is 0 Å². The largest absolute Gasteiger partial charge is 0.466 e. The summed E-state index contributed by atoms with van der Waals surface area (Å²) < 4.78 is 8.02. The number of hydrogen-bond donors (Lipinski definition) is 1. The lowest BCUT2D eigenvalue weighted by Gasteiger charge is -2.35. The minimum absolute atomic E-state index is 0.0983. The Morgan fingerprint density at radius 1 is 1.29 bits per heavy atom. The SMILES string of the molecule is CCCC(CCC)C(N)[C@@H]1[C@H](OC(=S)n2ccnc2)[C@@H](C)C[C@H]1C. The van der Waals surface area contributed by atoms with E-state index in [4.69, 9.17) is 22.7 Å². The first-order valence-corrected chi connectivity index (χ1v) is 9.84. The summed E-state index contributed by atoms with van der Waals surface area (Å²) in [6.07, 6.45) is 11.3. The minimum atomic E-state index is 0.0983. The Kier molecular flexibility index (Phi) is 7.23. The number of nitrogens with two attached hydrogens (primary N) is 1. The maximum absolute atomic E-state index is 6.79. The topological polar surface area (TPSA) is 53.1 Å². The van der Waals surface area contributed by atoms with Gasteiger partial charge in [-0.15, -0.1) is 0 Å². The van der Waals surface area contributed by atoms with Gasteiger partial charge in [-0.05, 0) is 49.2 Å². The van der Waals surface area contributed by atoms with E-state index in [1.54, 1.807) is 17.1 Å². The summed E-state index contributed by atoms with van der Waals surface area (Å²) in [5.41, 5.74) is 6.79. The number of aromatic nitrogens is 2. The number of nitrogens with zero attached hydrogens (tertiary/aromatic N) is 2. The van der Waals surface area contributed by atoms with Gasteiger partial charge in [-0.2, -0.15) is 0 Å². The number of imidazole rings is 1.